The summed E-state index contributed by atoms with van der Waals surface area (Å²) in [5.41, 5.74) is 0.823. The van der Waals surface area contributed by atoms with E-state index in [2.05, 4.69) is 13.2 Å². The van der Waals surface area contributed by atoms with Crippen LogP contribution in [0.1, 0.15) is 26.2 Å². The molecule has 1 aliphatic carbocycles. The number of carbonyl (C=O) groups excluding carboxylic acids is 2. The average Bonchev–Trinajstić information content (AvgIpc) is 2.92. The topological polar surface area (TPSA) is 52.6 Å². The van der Waals surface area contributed by atoms with Crippen LogP contribution in [0.5, 0.6) is 0 Å². The smallest absolute Gasteiger partial charge is 0.323 e. The predicted molar refractivity (Wildman–Crippen MR) is 86.0 cm³/mol. The molecular formula is C18H24O4. The Kier molecular flexibility index (Phi) is 6.35. The highest BCUT2D eigenvalue weighted by atomic mass is 16.5. The van der Waals surface area contributed by atoms with Crippen LogP contribution in [0.15, 0.2) is 48.6 Å². The number of carbonyl (C=O) groups is 2. The standard InChI is InChI=1S/C18H24O4/c1-6-8-10-14-11-18(16(19)21-4,17(20)22-5)12-15(14)13(3)9-7-2/h6-7,9-10,15H,1-2,8,11-12H2,3-5H3/b13-9+,14-10-. The van der Waals surface area contributed by atoms with E-state index in [1.165, 1.54) is 14.2 Å². The Balaban J connectivity index is 3.32. The van der Waals surface area contributed by atoms with Gasteiger partial charge in [0.15, 0.2) is 5.41 Å². The van der Waals surface area contributed by atoms with E-state index in [0.717, 1.165) is 11.1 Å². The van der Waals surface area contributed by atoms with Gasteiger partial charge in [0.05, 0.1) is 14.2 Å². The van der Waals surface area contributed by atoms with Crippen molar-refractivity contribution in [2.75, 3.05) is 14.2 Å². The maximum absolute atomic E-state index is 12.3. The van der Waals surface area contributed by atoms with Crippen LogP contribution in [-0.2, 0) is 19.1 Å². The molecule has 0 aromatic carbocycles. The SMILES string of the molecule is C=C/C=C(\C)C1CC(C(=O)OC)(C(=O)OC)C/C1=C/CC=C. The normalized spacial score (nSPS) is 22.2. The second-order valence-corrected chi connectivity index (χ2v) is 5.45. The number of hydrogen-bond donors (Lipinski definition) is 0. The van der Waals surface area contributed by atoms with Gasteiger partial charge in [-0.3, -0.25) is 9.59 Å². The summed E-state index contributed by atoms with van der Waals surface area (Å²) in [5.74, 6) is -1.09. The molecule has 1 unspecified atom stereocenters. The average molecular weight is 304 g/mol. The lowest BCUT2D eigenvalue weighted by Crippen LogP contribution is -2.39. The van der Waals surface area contributed by atoms with Gasteiger partial charge in [-0.1, -0.05) is 42.0 Å². The van der Waals surface area contributed by atoms with Gasteiger partial charge in [0.25, 0.3) is 0 Å². The highest BCUT2D eigenvalue weighted by Crippen LogP contribution is 2.49. The first-order valence-electron chi connectivity index (χ1n) is 7.22. The van der Waals surface area contributed by atoms with Crippen LogP contribution >= 0.6 is 0 Å². The van der Waals surface area contributed by atoms with Gasteiger partial charge in [-0.25, -0.2) is 0 Å². The van der Waals surface area contributed by atoms with Crippen molar-refractivity contribution in [2.45, 2.75) is 26.2 Å². The molecule has 1 saturated carbocycles. The molecular weight excluding hydrogens is 280 g/mol. The van der Waals surface area contributed by atoms with Gasteiger partial charge in [0.2, 0.25) is 0 Å². The monoisotopic (exact) mass is 304 g/mol. The van der Waals surface area contributed by atoms with Gasteiger partial charge in [-0.05, 0) is 26.2 Å². The van der Waals surface area contributed by atoms with E-state index < -0.39 is 17.4 Å². The fraction of sp³-hybridized carbons (Fsp3) is 0.444. The molecule has 0 N–H and O–H groups in total. The molecule has 0 amide bonds. The number of allylic oxidation sites excluding steroid dienone is 6. The minimum Gasteiger partial charge on any atom is -0.468 e. The van der Waals surface area contributed by atoms with Crippen molar-refractivity contribution >= 4 is 11.9 Å². The molecule has 0 saturated heterocycles. The Labute approximate surface area is 132 Å². The zero-order valence-electron chi connectivity index (χ0n) is 13.6. The van der Waals surface area contributed by atoms with Gasteiger partial charge >= 0.3 is 11.9 Å². The van der Waals surface area contributed by atoms with E-state index >= 15 is 0 Å². The van der Waals surface area contributed by atoms with Crippen LogP contribution in [0, 0.1) is 11.3 Å². The van der Waals surface area contributed by atoms with Gasteiger partial charge < -0.3 is 9.47 Å². The van der Waals surface area contributed by atoms with Crippen molar-refractivity contribution in [2.24, 2.45) is 11.3 Å². The first-order valence-corrected chi connectivity index (χ1v) is 7.22. The summed E-state index contributed by atoms with van der Waals surface area (Å²) < 4.78 is 9.75. The van der Waals surface area contributed by atoms with Gasteiger partial charge in [-0.15, -0.1) is 6.58 Å². The number of rotatable bonds is 6. The quantitative estimate of drug-likeness (QED) is 0.327. The van der Waals surface area contributed by atoms with Crippen molar-refractivity contribution in [3.05, 3.63) is 48.6 Å². The molecule has 0 heterocycles. The summed E-state index contributed by atoms with van der Waals surface area (Å²) in [4.78, 5) is 24.5. The second-order valence-electron chi connectivity index (χ2n) is 5.45. The molecule has 0 bridgehead atoms. The molecule has 1 rings (SSSR count). The minimum atomic E-state index is -1.27. The molecule has 0 spiro atoms. The van der Waals surface area contributed by atoms with Crippen molar-refractivity contribution in [1.29, 1.82) is 0 Å². The van der Waals surface area contributed by atoms with Crippen LogP contribution in [-0.4, -0.2) is 26.2 Å². The van der Waals surface area contributed by atoms with Crippen molar-refractivity contribution < 1.29 is 19.1 Å². The first-order chi connectivity index (χ1) is 10.5. The Morgan fingerprint density at radius 2 is 1.86 bits per heavy atom. The summed E-state index contributed by atoms with van der Waals surface area (Å²) >= 11 is 0. The highest BCUT2D eigenvalue weighted by Gasteiger charge is 2.55. The van der Waals surface area contributed by atoms with E-state index in [1.807, 2.05) is 19.1 Å². The summed E-state index contributed by atoms with van der Waals surface area (Å²) in [6.45, 7) is 9.38. The summed E-state index contributed by atoms with van der Waals surface area (Å²) in [6.07, 6.45) is 8.76. The largest absolute Gasteiger partial charge is 0.468 e. The number of esters is 2. The zero-order valence-corrected chi connectivity index (χ0v) is 13.6. The molecule has 22 heavy (non-hydrogen) atoms. The van der Waals surface area contributed by atoms with Gasteiger partial charge in [0, 0.05) is 5.92 Å². The third-order valence-corrected chi connectivity index (χ3v) is 4.14. The molecule has 4 heteroatoms. The third kappa shape index (κ3) is 3.38. The Morgan fingerprint density at radius 1 is 1.27 bits per heavy atom. The number of hydrogen-bond acceptors (Lipinski definition) is 4. The second kappa shape index (κ2) is 7.78. The lowest BCUT2D eigenvalue weighted by molar-refractivity contribution is -0.168. The van der Waals surface area contributed by atoms with Gasteiger partial charge in [-0.2, -0.15) is 0 Å². The lowest BCUT2D eigenvalue weighted by Gasteiger charge is -2.22. The van der Waals surface area contributed by atoms with E-state index in [9.17, 15) is 9.59 Å². The molecule has 0 aromatic heterocycles. The van der Waals surface area contributed by atoms with E-state index in [4.69, 9.17) is 9.47 Å². The van der Waals surface area contributed by atoms with Crippen LogP contribution in [0.3, 0.4) is 0 Å². The van der Waals surface area contributed by atoms with E-state index in [0.29, 0.717) is 19.3 Å². The maximum atomic E-state index is 12.3. The fourth-order valence-electron chi connectivity index (χ4n) is 3.01. The first kappa shape index (κ1) is 18.0. The van der Waals surface area contributed by atoms with Crippen molar-refractivity contribution in [3.63, 3.8) is 0 Å². The number of methoxy groups -OCH3 is 2. The summed E-state index contributed by atoms with van der Waals surface area (Å²) in [5, 5.41) is 0. The predicted octanol–water partition coefficient (Wildman–Crippen LogP) is 3.36. The Hall–Kier alpha value is -2.10. The molecule has 1 fully saturated rings. The third-order valence-electron chi connectivity index (χ3n) is 4.14. The summed E-state index contributed by atoms with van der Waals surface area (Å²) in [7, 11) is 2.58. The highest BCUT2D eigenvalue weighted by molar-refractivity contribution is 6.01. The Bertz CT molecular complexity index is 509. The molecule has 4 nitrogen and oxygen atoms in total. The molecule has 1 aliphatic rings. The van der Waals surface area contributed by atoms with Crippen molar-refractivity contribution in [1.82, 2.24) is 0 Å². The molecule has 120 valence electrons. The van der Waals surface area contributed by atoms with Crippen LogP contribution in [0.2, 0.25) is 0 Å². The van der Waals surface area contributed by atoms with Crippen LogP contribution in [0.25, 0.3) is 0 Å². The molecule has 0 radical (unpaired) electrons. The zero-order chi connectivity index (χ0) is 16.8. The maximum Gasteiger partial charge on any atom is 0.323 e. The Morgan fingerprint density at radius 3 is 2.32 bits per heavy atom. The molecule has 0 aromatic rings. The number of ether oxygens (including phenoxy) is 2. The lowest BCUT2D eigenvalue weighted by atomic mass is 9.84. The molecule has 1 atom stereocenters. The minimum absolute atomic E-state index is 0.00356. The summed E-state index contributed by atoms with van der Waals surface area (Å²) in [6, 6.07) is 0. The van der Waals surface area contributed by atoms with E-state index in [-0.39, 0.29) is 5.92 Å². The molecule has 0 aliphatic heterocycles. The van der Waals surface area contributed by atoms with Crippen LogP contribution in [0.4, 0.5) is 0 Å². The van der Waals surface area contributed by atoms with Crippen LogP contribution < -0.4 is 0 Å². The van der Waals surface area contributed by atoms with E-state index in [1.54, 1.807) is 12.2 Å². The fourth-order valence-corrected chi connectivity index (χ4v) is 3.01. The van der Waals surface area contributed by atoms with Gasteiger partial charge in [0.1, 0.15) is 0 Å². The van der Waals surface area contributed by atoms with Crippen molar-refractivity contribution in [3.8, 4) is 0 Å².